The molecule has 0 saturated carbocycles. The number of nitrogens with zero attached hydrogens (tertiary/aromatic N) is 2. The van der Waals surface area contributed by atoms with Gasteiger partial charge in [0.25, 0.3) is 0 Å². The first-order chi connectivity index (χ1) is 7.84. The van der Waals surface area contributed by atoms with Crippen molar-refractivity contribution < 1.29 is 0 Å². The van der Waals surface area contributed by atoms with Crippen molar-refractivity contribution in [3.05, 3.63) is 18.3 Å². The molecule has 1 aromatic rings. The molecule has 4 heteroatoms. The van der Waals surface area contributed by atoms with Crippen LogP contribution in [0.15, 0.2) is 18.3 Å². The summed E-state index contributed by atoms with van der Waals surface area (Å²) in [5.74, 6) is 0.872. The Kier molecular flexibility index (Phi) is 3.99. The number of aromatic nitrogens is 1. The molecule has 16 heavy (non-hydrogen) atoms. The van der Waals surface area contributed by atoms with Crippen molar-refractivity contribution in [3.63, 3.8) is 0 Å². The van der Waals surface area contributed by atoms with Gasteiger partial charge in [0, 0.05) is 31.0 Å². The maximum absolute atomic E-state index is 5.68. The predicted octanol–water partition coefficient (Wildman–Crippen LogP) is 1.56. The minimum atomic E-state index is 0.760. The van der Waals surface area contributed by atoms with Gasteiger partial charge in [0.1, 0.15) is 5.82 Å². The molecule has 88 valence electrons. The fourth-order valence-electron chi connectivity index (χ4n) is 2.07. The van der Waals surface area contributed by atoms with Crippen molar-refractivity contribution in [2.45, 2.75) is 19.3 Å². The number of nitrogens with one attached hydrogen (secondary N) is 1. The summed E-state index contributed by atoms with van der Waals surface area (Å²) in [6.07, 6.45) is 5.81. The minimum Gasteiger partial charge on any atom is -0.399 e. The van der Waals surface area contributed by atoms with Gasteiger partial charge in [-0.2, -0.15) is 0 Å². The Labute approximate surface area is 96.8 Å². The Hall–Kier alpha value is -1.29. The topological polar surface area (TPSA) is 54.2 Å². The average Bonchev–Trinajstić information content (AvgIpc) is 2.30. The maximum atomic E-state index is 5.68. The van der Waals surface area contributed by atoms with E-state index in [0.717, 1.165) is 24.6 Å². The zero-order valence-corrected chi connectivity index (χ0v) is 9.65. The van der Waals surface area contributed by atoms with E-state index in [1.165, 1.54) is 32.4 Å². The summed E-state index contributed by atoms with van der Waals surface area (Å²) >= 11 is 0. The highest BCUT2D eigenvalue weighted by Crippen LogP contribution is 2.09. The highest BCUT2D eigenvalue weighted by atomic mass is 15.1. The lowest BCUT2D eigenvalue weighted by molar-refractivity contribution is 0.237. The minimum absolute atomic E-state index is 0.760. The van der Waals surface area contributed by atoms with Gasteiger partial charge >= 0.3 is 0 Å². The van der Waals surface area contributed by atoms with Crippen molar-refractivity contribution in [2.24, 2.45) is 0 Å². The van der Waals surface area contributed by atoms with Gasteiger partial charge in [0.05, 0.1) is 0 Å². The zero-order chi connectivity index (χ0) is 11.2. The summed E-state index contributed by atoms with van der Waals surface area (Å²) in [5.41, 5.74) is 6.44. The summed E-state index contributed by atoms with van der Waals surface area (Å²) in [5, 5.41) is 3.30. The van der Waals surface area contributed by atoms with Gasteiger partial charge in [-0.3, -0.25) is 0 Å². The van der Waals surface area contributed by atoms with Crippen LogP contribution in [0.5, 0.6) is 0 Å². The molecule has 0 amide bonds. The Morgan fingerprint density at radius 3 is 2.88 bits per heavy atom. The smallest absolute Gasteiger partial charge is 0.127 e. The quantitative estimate of drug-likeness (QED) is 0.808. The van der Waals surface area contributed by atoms with Crippen LogP contribution in [0, 0.1) is 0 Å². The van der Waals surface area contributed by atoms with Crippen LogP contribution in [-0.2, 0) is 0 Å². The molecular weight excluding hydrogens is 200 g/mol. The normalized spacial score (nSPS) is 17.2. The number of likely N-dealkylation sites (tertiary alicyclic amines) is 1. The zero-order valence-electron chi connectivity index (χ0n) is 9.65. The van der Waals surface area contributed by atoms with E-state index >= 15 is 0 Å². The van der Waals surface area contributed by atoms with Crippen LogP contribution in [0.4, 0.5) is 11.5 Å². The molecule has 0 aromatic carbocycles. The van der Waals surface area contributed by atoms with E-state index in [4.69, 9.17) is 5.73 Å². The molecule has 0 unspecified atom stereocenters. The third-order valence-corrected chi connectivity index (χ3v) is 2.97. The summed E-state index contributed by atoms with van der Waals surface area (Å²) in [6, 6.07) is 3.67. The van der Waals surface area contributed by atoms with Gasteiger partial charge < -0.3 is 16.0 Å². The van der Waals surface area contributed by atoms with E-state index in [-0.39, 0.29) is 0 Å². The fourth-order valence-corrected chi connectivity index (χ4v) is 2.07. The van der Waals surface area contributed by atoms with Crippen molar-refractivity contribution in [1.82, 2.24) is 9.88 Å². The van der Waals surface area contributed by atoms with Crippen molar-refractivity contribution in [2.75, 3.05) is 37.2 Å². The van der Waals surface area contributed by atoms with Gasteiger partial charge in [0.2, 0.25) is 0 Å². The van der Waals surface area contributed by atoms with E-state index in [1.807, 2.05) is 6.07 Å². The van der Waals surface area contributed by atoms with Crippen molar-refractivity contribution in [1.29, 1.82) is 0 Å². The number of nitrogens with two attached hydrogens (primary N) is 1. The number of rotatable bonds is 4. The second-order valence-corrected chi connectivity index (χ2v) is 4.30. The van der Waals surface area contributed by atoms with Gasteiger partial charge in [-0.15, -0.1) is 0 Å². The number of hydrogen-bond donors (Lipinski definition) is 2. The molecule has 0 aliphatic carbocycles. The van der Waals surface area contributed by atoms with Crippen molar-refractivity contribution >= 4 is 11.5 Å². The first-order valence-corrected chi connectivity index (χ1v) is 6.02. The molecule has 1 aliphatic rings. The SMILES string of the molecule is Nc1ccnc(NCCN2CCCCC2)c1. The van der Waals surface area contributed by atoms with E-state index in [1.54, 1.807) is 12.3 Å². The summed E-state index contributed by atoms with van der Waals surface area (Å²) in [6.45, 7) is 4.52. The standard InChI is InChI=1S/C12H20N4/c13-11-4-5-14-12(10-11)15-6-9-16-7-2-1-3-8-16/h4-5,10H,1-3,6-9H2,(H3,13,14,15). The maximum Gasteiger partial charge on any atom is 0.127 e. The van der Waals surface area contributed by atoms with Gasteiger partial charge in [-0.25, -0.2) is 4.98 Å². The van der Waals surface area contributed by atoms with Crippen LogP contribution in [0.2, 0.25) is 0 Å². The van der Waals surface area contributed by atoms with Crippen LogP contribution in [0.25, 0.3) is 0 Å². The van der Waals surface area contributed by atoms with Crippen molar-refractivity contribution in [3.8, 4) is 0 Å². The number of pyridine rings is 1. The lowest BCUT2D eigenvalue weighted by Gasteiger charge is -2.26. The van der Waals surface area contributed by atoms with Crippen LogP contribution in [0.1, 0.15) is 19.3 Å². The summed E-state index contributed by atoms with van der Waals surface area (Å²) < 4.78 is 0. The van der Waals surface area contributed by atoms with Gasteiger partial charge in [-0.05, 0) is 32.0 Å². The Morgan fingerprint density at radius 2 is 2.12 bits per heavy atom. The Bertz CT molecular complexity index is 321. The monoisotopic (exact) mass is 220 g/mol. The third-order valence-electron chi connectivity index (χ3n) is 2.97. The summed E-state index contributed by atoms with van der Waals surface area (Å²) in [4.78, 5) is 6.72. The Morgan fingerprint density at radius 1 is 1.31 bits per heavy atom. The molecule has 4 nitrogen and oxygen atoms in total. The molecule has 3 N–H and O–H groups in total. The lowest BCUT2D eigenvalue weighted by Crippen LogP contribution is -2.33. The lowest BCUT2D eigenvalue weighted by atomic mass is 10.1. The predicted molar refractivity (Wildman–Crippen MR) is 67.4 cm³/mol. The van der Waals surface area contributed by atoms with Crippen LogP contribution < -0.4 is 11.1 Å². The van der Waals surface area contributed by atoms with E-state index in [2.05, 4.69) is 15.2 Å². The molecular formula is C12H20N4. The van der Waals surface area contributed by atoms with Crippen LogP contribution in [-0.4, -0.2) is 36.1 Å². The second kappa shape index (κ2) is 5.70. The summed E-state index contributed by atoms with van der Waals surface area (Å²) in [7, 11) is 0. The van der Waals surface area contributed by atoms with Gasteiger partial charge in [0.15, 0.2) is 0 Å². The number of anilines is 2. The molecule has 1 fully saturated rings. The largest absolute Gasteiger partial charge is 0.399 e. The van der Waals surface area contributed by atoms with E-state index in [9.17, 15) is 0 Å². The van der Waals surface area contributed by atoms with Crippen LogP contribution in [0.3, 0.4) is 0 Å². The van der Waals surface area contributed by atoms with E-state index < -0.39 is 0 Å². The molecule has 1 aromatic heterocycles. The molecule has 2 heterocycles. The molecule has 0 atom stereocenters. The third kappa shape index (κ3) is 3.38. The molecule has 0 radical (unpaired) electrons. The van der Waals surface area contributed by atoms with Crippen LogP contribution >= 0.6 is 0 Å². The fraction of sp³-hybridized carbons (Fsp3) is 0.583. The molecule has 2 rings (SSSR count). The average molecular weight is 220 g/mol. The first-order valence-electron chi connectivity index (χ1n) is 6.02. The second-order valence-electron chi connectivity index (χ2n) is 4.30. The first kappa shape index (κ1) is 11.2. The number of hydrogen-bond acceptors (Lipinski definition) is 4. The molecule has 0 bridgehead atoms. The molecule has 0 spiro atoms. The Balaban J connectivity index is 1.71. The molecule has 1 saturated heterocycles. The number of piperidine rings is 1. The van der Waals surface area contributed by atoms with E-state index in [0.29, 0.717) is 0 Å². The highest BCUT2D eigenvalue weighted by Gasteiger charge is 2.08. The molecule has 1 aliphatic heterocycles. The number of nitrogen functional groups attached to an aromatic ring is 1. The highest BCUT2D eigenvalue weighted by molar-refractivity contribution is 5.48. The van der Waals surface area contributed by atoms with Gasteiger partial charge in [-0.1, -0.05) is 6.42 Å².